The fraction of sp³-hybridized carbons (Fsp3) is 0.519. The van der Waals surface area contributed by atoms with Crippen molar-refractivity contribution in [1.29, 1.82) is 0 Å². The second kappa shape index (κ2) is 11.0. The second-order valence-electron chi connectivity index (χ2n) is 10.9. The summed E-state index contributed by atoms with van der Waals surface area (Å²) in [6.45, 7) is 15.1. The standard InChI is InChI=1S/C27H39N3O4/c1-17-11-12-18(2)19(14-17)15-22(29-25(33)34-27(6,7)8)23(31)16-21-20(10-9-13-28-21)24(32)30-26(3,4)5/h9-14,22-23,31H,15-16H2,1-8H3,(H,29,33)(H,30,32). The van der Waals surface area contributed by atoms with Crippen LogP contribution in [0, 0.1) is 13.8 Å². The van der Waals surface area contributed by atoms with Crippen molar-refractivity contribution in [3.05, 3.63) is 64.5 Å². The van der Waals surface area contributed by atoms with E-state index in [0.29, 0.717) is 17.7 Å². The van der Waals surface area contributed by atoms with Crippen LogP contribution in [0.5, 0.6) is 0 Å². The predicted octanol–water partition coefficient (Wildman–Crippen LogP) is 4.27. The van der Waals surface area contributed by atoms with E-state index in [2.05, 4.69) is 21.7 Å². The molecule has 0 aliphatic carbocycles. The molecule has 0 saturated heterocycles. The predicted molar refractivity (Wildman–Crippen MR) is 134 cm³/mol. The Morgan fingerprint density at radius 1 is 1.06 bits per heavy atom. The zero-order valence-electron chi connectivity index (χ0n) is 21.7. The molecule has 2 aromatic rings. The summed E-state index contributed by atoms with van der Waals surface area (Å²) in [7, 11) is 0. The van der Waals surface area contributed by atoms with E-state index in [1.54, 1.807) is 39.1 Å². The van der Waals surface area contributed by atoms with E-state index in [9.17, 15) is 14.7 Å². The van der Waals surface area contributed by atoms with Gasteiger partial charge in [-0.05, 0) is 85.1 Å². The zero-order valence-corrected chi connectivity index (χ0v) is 21.7. The minimum atomic E-state index is -0.997. The highest BCUT2D eigenvalue weighted by atomic mass is 16.6. The number of aryl methyl sites for hydroxylation is 2. The first-order chi connectivity index (χ1) is 15.6. The number of carbonyl (C=O) groups is 2. The molecule has 1 aromatic carbocycles. The summed E-state index contributed by atoms with van der Waals surface area (Å²) in [4.78, 5) is 29.8. The molecular weight excluding hydrogens is 430 g/mol. The third-order valence-electron chi connectivity index (χ3n) is 5.14. The number of ether oxygens (including phenoxy) is 1. The van der Waals surface area contributed by atoms with Gasteiger partial charge in [-0.3, -0.25) is 9.78 Å². The van der Waals surface area contributed by atoms with Gasteiger partial charge in [-0.15, -0.1) is 0 Å². The lowest BCUT2D eigenvalue weighted by Gasteiger charge is -2.28. The number of pyridine rings is 1. The summed E-state index contributed by atoms with van der Waals surface area (Å²) in [5.74, 6) is -0.256. The summed E-state index contributed by atoms with van der Waals surface area (Å²) in [5.41, 5.74) is 2.97. The van der Waals surface area contributed by atoms with Crippen LogP contribution in [0.2, 0.25) is 0 Å². The van der Waals surface area contributed by atoms with E-state index in [0.717, 1.165) is 16.7 Å². The topological polar surface area (TPSA) is 101 Å². The summed E-state index contributed by atoms with van der Waals surface area (Å²) in [5, 5.41) is 17.0. The Kier molecular flexibility index (Phi) is 8.83. The van der Waals surface area contributed by atoms with E-state index < -0.39 is 29.4 Å². The molecule has 1 aromatic heterocycles. The molecule has 2 unspecified atom stereocenters. The molecule has 0 aliphatic heterocycles. The lowest BCUT2D eigenvalue weighted by atomic mass is 9.93. The highest BCUT2D eigenvalue weighted by molar-refractivity contribution is 5.95. The number of rotatable bonds is 7. The van der Waals surface area contributed by atoms with E-state index in [1.807, 2.05) is 46.8 Å². The number of alkyl carbamates (subject to hydrolysis) is 1. The summed E-state index contributed by atoms with van der Waals surface area (Å²) in [6, 6.07) is 8.84. The van der Waals surface area contributed by atoms with Gasteiger partial charge in [0.05, 0.1) is 23.4 Å². The van der Waals surface area contributed by atoms with Gasteiger partial charge in [0.1, 0.15) is 5.60 Å². The molecule has 0 saturated carbocycles. The lowest BCUT2D eigenvalue weighted by Crippen LogP contribution is -2.48. The van der Waals surface area contributed by atoms with Crippen LogP contribution in [0.15, 0.2) is 36.5 Å². The molecule has 2 rings (SSSR count). The van der Waals surface area contributed by atoms with Crippen molar-refractivity contribution in [3.63, 3.8) is 0 Å². The van der Waals surface area contributed by atoms with Crippen molar-refractivity contribution in [2.75, 3.05) is 0 Å². The molecule has 0 bridgehead atoms. The molecule has 0 fully saturated rings. The second-order valence-corrected chi connectivity index (χ2v) is 10.9. The summed E-state index contributed by atoms with van der Waals surface area (Å²) >= 11 is 0. The molecule has 0 aliphatic rings. The number of aliphatic hydroxyl groups is 1. The summed E-state index contributed by atoms with van der Waals surface area (Å²) in [6.07, 6.45) is 0.498. The molecule has 7 nitrogen and oxygen atoms in total. The molecule has 0 radical (unpaired) electrons. The first kappa shape index (κ1) is 27.3. The maximum atomic E-state index is 12.8. The molecular formula is C27H39N3O4. The number of benzene rings is 1. The van der Waals surface area contributed by atoms with Crippen molar-refractivity contribution < 1.29 is 19.4 Å². The number of hydrogen-bond acceptors (Lipinski definition) is 5. The molecule has 7 heteroatoms. The normalized spacial score (nSPS) is 13.7. The van der Waals surface area contributed by atoms with Gasteiger partial charge in [-0.2, -0.15) is 0 Å². The van der Waals surface area contributed by atoms with Crippen molar-refractivity contribution >= 4 is 12.0 Å². The number of aliphatic hydroxyl groups excluding tert-OH is 1. The first-order valence-electron chi connectivity index (χ1n) is 11.6. The fourth-order valence-corrected chi connectivity index (χ4v) is 3.55. The molecule has 34 heavy (non-hydrogen) atoms. The zero-order chi connectivity index (χ0) is 25.7. The van der Waals surface area contributed by atoms with Crippen molar-refractivity contribution in [2.24, 2.45) is 0 Å². The molecule has 1 heterocycles. The van der Waals surface area contributed by atoms with Crippen molar-refractivity contribution in [2.45, 2.75) is 91.5 Å². The Hall–Kier alpha value is -2.93. The average Bonchev–Trinajstić information content (AvgIpc) is 2.67. The summed E-state index contributed by atoms with van der Waals surface area (Å²) < 4.78 is 5.44. The van der Waals surface area contributed by atoms with Crippen LogP contribution in [0.4, 0.5) is 4.79 Å². The van der Waals surface area contributed by atoms with E-state index in [4.69, 9.17) is 4.74 Å². The number of hydrogen-bond donors (Lipinski definition) is 3. The van der Waals surface area contributed by atoms with Gasteiger partial charge in [-0.1, -0.05) is 23.8 Å². The Morgan fingerprint density at radius 3 is 2.35 bits per heavy atom. The third kappa shape index (κ3) is 8.78. The lowest BCUT2D eigenvalue weighted by molar-refractivity contribution is 0.0420. The Labute approximate surface area is 203 Å². The van der Waals surface area contributed by atoms with Gasteiger partial charge in [-0.25, -0.2) is 4.79 Å². The number of aromatic nitrogens is 1. The smallest absolute Gasteiger partial charge is 0.407 e. The van der Waals surface area contributed by atoms with Crippen LogP contribution in [0.3, 0.4) is 0 Å². The molecule has 0 spiro atoms. The molecule has 2 amide bonds. The maximum Gasteiger partial charge on any atom is 0.407 e. The number of nitrogens with zero attached hydrogens (tertiary/aromatic N) is 1. The quantitative estimate of drug-likeness (QED) is 0.562. The number of amides is 2. The van der Waals surface area contributed by atoms with Crippen LogP contribution in [0.25, 0.3) is 0 Å². The largest absolute Gasteiger partial charge is 0.444 e. The van der Waals surface area contributed by atoms with Gasteiger partial charge >= 0.3 is 6.09 Å². The van der Waals surface area contributed by atoms with Crippen LogP contribution in [0.1, 0.15) is 74.3 Å². The maximum absolute atomic E-state index is 12.8. The number of nitrogens with one attached hydrogen (secondary N) is 2. The van der Waals surface area contributed by atoms with Crippen molar-refractivity contribution in [3.8, 4) is 0 Å². The molecule has 186 valence electrons. The van der Waals surface area contributed by atoms with Crippen LogP contribution in [-0.2, 0) is 17.6 Å². The SMILES string of the molecule is Cc1ccc(C)c(CC(NC(=O)OC(C)(C)C)C(O)Cc2ncccc2C(=O)NC(C)(C)C)c1. The van der Waals surface area contributed by atoms with Gasteiger partial charge < -0.3 is 20.5 Å². The Bertz CT molecular complexity index is 1010. The van der Waals surface area contributed by atoms with Crippen LogP contribution < -0.4 is 10.6 Å². The van der Waals surface area contributed by atoms with E-state index in [1.165, 1.54) is 0 Å². The van der Waals surface area contributed by atoms with E-state index in [-0.39, 0.29) is 12.3 Å². The average molecular weight is 470 g/mol. The Balaban J connectivity index is 2.31. The van der Waals surface area contributed by atoms with Gasteiger partial charge in [0, 0.05) is 18.2 Å². The minimum absolute atomic E-state index is 0.0963. The minimum Gasteiger partial charge on any atom is -0.444 e. The van der Waals surface area contributed by atoms with Crippen LogP contribution in [-0.4, -0.2) is 45.4 Å². The monoisotopic (exact) mass is 469 g/mol. The molecule has 3 N–H and O–H groups in total. The van der Waals surface area contributed by atoms with Crippen LogP contribution >= 0.6 is 0 Å². The Morgan fingerprint density at radius 2 is 1.74 bits per heavy atom. The highest BCUT2D eigenvalue weighted by Crippen LogP contribution is 2.18. The molecule has 2 atom stereocenters. The fourth-order valence-electron chi connectivity index (χ4n) is 3.55. The highest BCUT2D eigenvalue weighted by Gasteiger charge is 2.28. The number of carbonyl (C=O) groups excluding carboxylic acids is 2. The third-order valence-corrected chi connectivity index (χ3v) is 5.14. The van der Waals surface area contributed by atoms with E-state index >= 15 is 0 Å². The van der Waals surface area contributed by atoms with Crippen molar-refractivity contribution in [1.82, 2.24) is 15.6 Å². The van der Waals surface area contributed by atoms with Gasteiger partial charge in [0.2, 0.25) is 0 Å². The first-order valence-corrected chi connectivity index (χ1v) is 11.6. The van der Waals surface area contributed by atoms with Gasteiger partial charge in [0.25, 0.3) is 5.91 Å². The van der Waals surface area contributed by atoms with Gasteiger partial charge in [0.15, 0.2) is 0 Å².